The van der Waals surface area contributed by atoms with E-state index in [0.717, 1.165) is 12.8 Å². The highest BCUT2D eigenvalue weighted by Gasteiger charge is 2.28. The molecule has 3 rings (SSSR count). The van der Waals surface area contributed by atoms with Crippen LogP contribution in [0.4, 0.5) is 10.8 Å². The Labute approximate surface area is 163 Å². The van der Waals surface area contributed by atoms with E-state index in [0.29, 0.717) is 35.6 Å². The SMILES string of the molecule is CC(C)(C)OC(=O)N1CCC(CC(=O)Nc2nc3cc(Cl)ccc3o2)CC1. The van der Waals surface area contributed by atoms with Crippen LogP contribution in [0, 0.1) is 5.92 Å². The second kappa shape index (κ2) is 7.76. The molecule has 7 nitrogen and oxygen atoms in total. The van der Waals surface area contributed by atoms with Crippen molar-refractivity contribution in [1.29, 1.82) is 0 Å². The van der Waals surface area contributed by atoms with E-state index >= 15 is 0 Å². The number of ether oxygens (including phenoxy) is 1. The molecule has 0 atom stereocenters. The summed E-state index contributed by atoms with van der Waals surface area (Å²) < 4.78 is 10.9. The summed E-state index contributed by atoms with van der Waals surface area (Å²) in [5.41, 5.74) is 0.668. The summed E-state index contributed by atoms with van der Waals surface area (Å²) >= 11 is 5.93. The van der Waals surface area contributed by atoms with Crippen LogP contribution in [-0.2, 0) is 9.53 Å². The number of hydrogen-bond acceptors (Lipinski definition) is 5. The van der Waals surface area contributed by atoms with Crippen molar-refractivity contribution in [2.24, 2.45) is 5.92 Å². The molecular formula is C19H24ClN3O4. The Morgan fingerprint density at radius 3 is 2.70 bits per heavy atom. The number of likely N-dealkylation sites (tertiary alicyclic amines) is 1. The summed E-state index contributed by atoms with van der Waals surface area (Å²) in [6, 6.07) is 5.28. The number of oxazole rings is 1. The van der Waals surface area contributed by atoms with Gasteiger partial charge in [0.1, 0.15) is 11.1 Å². The minimum Gasteiger partial charge on any atom is -0.444 e. The first-order valence-electron chi connectivity index (χ1n) is 9.03. The van der Waals surface area contributed by atoms with Crippen LogP contribution in [0.3, 0.4) is 0 Å². The van der Waals surface area contributed by atoms with E-state index in [-0.39, 0.29) is 23.9 Å². The van der Waals surface area contributed by atoms with Gasteiger partial charge in [0, 0.05) is 24.5 Å². The maximum absolute atomic E-state index is 12.3. The van der Waals surface area contributed by atoms with Crippen molar-refractivity contribution >= 4 is 40.7 Å². The quantitative estimate of drug-likeness (QED) is 0.832. The fraction of sp³-hybridized carbons (Fsp3) is 0.526. The molecule has 0 saturated carbocycles. The van der Waals surface area contributed by atoms with Gasteiger partial charge in [0.15, 0.2) is 5.58 Å². The number of benzene rings is 1. The van der Waals surface area contributed by atoms with Crippen LogP contribution in [-0.4, -0.2) is 40.6 Å². The molecule has 0 spiro atoms. The average Bonchev–Trinajstić information content (AvgIpc) is 2.94. The van der Waals surface area contributed by atoms with E-state index in [4.69, 9.17) is 20.8 Å². The van der Waals surface area contributed by atoms with Gasteiger partial charge in [0.2, 0.25) is 5.91 Å². The Kier molecular flexibility index (Phi) is 5.60. The molecule has 1 aromatic heterocycles. The van der Waals surface area contributed by atoms with Gasteiger partial charge in [-0.05, 0) is 57.7 Å². The molecule has 0 aliphatic carbocycles. The van der Waals surface area contributed by atoms with Gasteiger partial charge in [0.25, 0.3) is 0 Å². The van der Waals surface area contributed by atoms with Crippen LogP contribution in [0.2, 0.25) is 5.02 Å². The zero-order valence-corrected chi connectivity index (χ0v) is 16.5. The van der Waals surface area contributed by atoms with Gasteiger partial charge in [0.05, 0.1) is 0 Å². The molecule has 2 aromatic rings. The fourth-order valence-electron chi connectivity index (χ4n) is 3.03. The summed E-state index contributed by atoms with van der Waals surface area (Å²) in [5.74, 6) is 0.0610. The third kappa shape index (κ3) is 5.35. The van der Waals surface area contributed by atoms with Crippen molar-refractivity contribution in [1.82, 2.24) is 9.88 Å². The van der Waals surface area contributed by atoms with Gasteiger partial charge in [-0.1, -0.05) is 11.6 Å². The largest absolute Gasteiger partial charge is 0.444 e. The number of nitrogens with one attached hydrogen (secondary N) is 1. The number of piperidine rings is 1. The minimum absolute atomic E-state index is 0.150. The fourth-order valence-corrected chi connectivity index (χ4v) is 3.20. The van der Waals surface area contributed by atoms with Crippen LogP contribution >= 0.6 is 11.6 Å². The minimum atomic E-state index is -0.502. The molecule has 146 valence electrons. The first-order valence-corrected chi connectivity index (χ1v) is 9.41. The second-order valence-corrected chi connectivity index (χ2v) is 8.23. The molecule has 1 N–H and O–H groups in total. The molecule has 8 heteroatoms. The number of halogens is 1. The number of carbonyl (C=O) groups excluding carboxylic acids is 2. The Bertz CT molecular complexity index is 835. The molecule has 27 heavy (non-hydrogen) atoms. The first-order chi connectivity index (χ1) is 12.7. The number of aromatic nitrogens is 1. The van der Waals surface area contributed by atoms with E-state index in [1.54, 1.807) is 23.1 Å². The van der Waals surface area contributed by atoms with Gasteiger partial charge in [-0.15, -0.1) is 0 Å². The lowest BCUT2D eigenvalue weighted by molar-refractivity contribution is -0.117. The first kappa shape index (κ1) is 19.5. The van der Waals surface area contributed by atoms with Crippen molar-refractivity contribution in [3.05, 3.63) is 23.2 Å². The topological polar surface area (TPSA) is 84.7 Å². The highest BCUT2D eigenvalue weighted by atomic mass is 35.5. The highest BCUT2D eigenvalue weighted by Crippen LogP contribution is 2.25. The molecule has 1 saturated heterocycles. The van der Waals surface area contributed by atoms with E-state index in [2.05, 4.69) is 10.3 Å². The number of hydrogen-bond donors (Lipinski definition) is 1. The van der Waals surface area contributed by atoms with Crippen LogP contribution in [0.25, 0.3) is 11.1 Å². The molecule has 1 aliphatic rings. The Morgan fingerprint density at radius 1 is 1.33 bits per heavy atom. The lowest BCUT2D eigenvalue weighted by Gasteiger charge is -2.33. The zero-order valence-electron chi connectivity index (χ0n) is 15.8. The van der Waals surface area contributed by atoms with Crippen molar-refractivity contribution in [2.75, 3.05) is 18.4 Å². The van der Waals surface area contributed by atoms with Gasteiger partial charge < -0.3 is 14.1 Å². The third-order valence-corrected chi connectivity index (χ3v) is 4.57. The monoisotopic (exact) mass is 393 g/mol. The van der Waals surface area contributed by atoms with E-state index in [1.165, 1.54) is 0 Å². The molecule has 2 heterocycles. The Hall–Kier alpha value is -2.28. The molecule has 2 amide bonds. The van der Waals surface area contributed by atoms with Gasteiger partial charge in [-0.25, -0.2) is 4.79 Å². The summed E-state index contributed by atoms with van der Waals surface area (Å²) in [5, 5.41) is 3.26. The number of fused-ring (bicyclic) bond motifs is 1. The van der Waals surface area contributed by atoms with Crippen molar-refractivity contribution in [3.8, 4) is 0 Å². The van der Waals surface area contributed by atoms with Crippen LogP contribution < -0.4 is 5.32 Å². The third-order valence-electron chi connectivity index (χ3n) is 4.34. The molecule has 0 bridgehead atoms. The van der Waals surface area contributed by atoms with Gasteiger partial charge in [-0.2, -0.15) is 4.98 Å². The summed E-state index contributed by atoms with van der Waals surface area (Å²) in [6.45, 7) is 6.73. The van der Waals surface area contributed by atoms with Crippen LogP contribution in [0.5, 0.6) is 0 Å². The van der Waals surface area contributed by atoms with Crippen molar-refractivity contribution in [2.45, 2.75) is 45.6 Å². The van der Waals surface area contributed by atoms with E-state index < -0.39 is 5.60 Å². The zero-order chi connectivity index (χ0) is 19.6. The normalized spacial score (nSPS) is 15.8. The number of anilines is 1. The summed E-state index contributed by atoms with van der Waals surface area (Å²) in [4.78, 5) is 30.3. The second-order valence-electron chi connectivity index (χ2n) is 7.79. The average molecular weight is 394 g/mol. The van der Waals surface area contributed by atoms with Crippen LogP contribution in [0.15, 0.2) is 22.6 Å². The van der Waals surface area contributed by atoms with E-state index in [9.17, 15) is 9.59 Å². The van der Waals surface area contributed by atoms with E-state index in [1.807, 2.05) is 20.8 Å². The predicted octanol–water partition coefficient (Wildman–Crippen LogP) is 4.46. The van der Waals surface area contributed by atoms with Crippen LogP contribution in [0.1, 0.15) is 40.0 Å². The standard InChI is InChI=1S/C19H24ClN3O4/c1-19(2,3)27-18(25)23-8-6-12(7-9-23)10-16(24)22-17-21-14-11-13(20)4-5-15(14)26-17/h4-5,11-12H,6-10H2,1-3H3,(H,21,22,24). The molecule has 1 aliphatic heterocycles. The van der Waals surface area contributed by atoms with Crippen molar-refractivity contribution < 1.29 is 18.7 Å². The maximum Gasteiger partial charge on any atom is 0.410 e. The Balaban J connectivity index is 1.48. The predicted molar refractivity (Wildman–Crippen MR) is 103 cm³/mol. The highest BCUT2D eigenvalue weighted by molar-refractivity contribution is 6.31. The molecular weight excluding hydrogens is 370 g/mol. The van der Waals surface area contributed by atoms with Crippen molar-refractivity contribution in [3.63, 3.8) is 0 Å². The number of carbonyl (C=O) groups is 2. The van der Waals surface area contributed by atoms with Gasteiger partial charge in [-0.3, -0.25) is 10.1 Å². The summed E-state index contributed by atoms with van der Waals surface area (Å²) in [7, 11) is 0. The van der Waals surface area contributed by atoms with Gasteiger partial charge >= 0.3 is 12.1 Å². The molecule has 0 unspecified atom stereocenters. The number of rotatable bonds is 3. The molecule has 1 fully saturated rings. The molecule has 0 radical (unpaired) electrons. The molecule has 1 aromatic carbocycles. The number of amides is 2. The number of nitrogens with zero attached hydrogens (tertiary/aromatic N) is 2. The lowest BCUT2D eigenvalue weighted by atomic mass is 9.93. The maximum atomic E-state index is 12.3. The Morgan fingerprint density at radius 2 is 2.04 bits per heavy atom. The smallest absolute Gasteiger partial charge is 0.410 e. The lowest BCUT2D eigenvalue weighted by Crippen LogP contribution is -2.42. The summed E-state index contributed by atoms with van der Waals surface area (Å²) in [6.07, 6.45) is 1.59.